The van der Waals surface area contributed by atoms with E-state index < -0.39 is 0 Å². The molecule has 2 rings (SSSR count). The first-order valence-corrected chi connectivity index (χ1v) is 5.18. The average Bonchev–Trinajstić information content (AvgIpc) is 2.01. The molecule has 0 aromatic carbocycles. The van der Waals surface area contributed by atoms with Gasteiger partial charge in [0.2, 0.25) is 5.91 Å². The predicted molar refractivity (Wildman–Crippen MR) is 52.2 cm³/mol. The van der Waals surface area contributed by atoms with Crippen LogP contribution in [0.25, 0.3) is 0 Å². The molecule has 2 aliphatic rings. The molecule has 13 heavy (non-hydrogen) atoms. The molecule has 0 aliphatic heterocycles. The molecule has 72 valence electrons. The van der Waals surface area contributed by atoms with Crippen molar-refractivity contribution in [2.75, 3.05) is 0 Å². The molecule has 0 unspecified atom stereocenters. The fourth-order valence-corrected chi connectivity index (χ4v) is 2.70. The van der Waals surface area contributed by atoms with Crippen LogP contribution in [0.4, 0.5) is 0 Å². The first-order chi connectivity index (χ1) is 6.24. The number of fused-ring (bicyclic) bond motifs is 2. The maximum absolute atomic E-state index is 10.9. The lowest BCUT2D eigenvalue weighted by Crippen LogP contribution is -2.40. The van der Waals surface area contributed by atoms with E-state index >= 15 is 0 Å². The average molecular weight is 179 g/mol. The van der Waals surface area contributed by atoms with Crippen LogP contribution in [-0.4, -0.2) is 11.9 Å². The molecule has 1 amide bonds. The summed E-state index contributed by atoms with van der Waals surface area (Å²) in [7, 11) is 0. The first-order valence-electron chi connectivity index (χ1n) is 5.18. The highest BCUT2D eigenvalue weighted by Gasteiger charge is 2.29. The summed E-state index contributed by atoms with van der Waals surface area (Å²) in [5.74, 6) is 1.67. The van der Waals surface area contributed by atoms with Gasteiger partial charge in [0.1, 0.15) is 0 Å². The van der Waals surface area contributed by atoms with E-state index in [0.29, 0.717) is 6.04 Å². The highest BCUT2D eigenvalue weighted by molar-refractivity contribution is 5.73. The van der Waals surface area contributed by atoms with Crippen LogP contribution in [0.5, 0.6) is 0 Å². The van der Waals surface area contributed by atoms with E-state index in [0.717, 1.165) is 18.3 Å². The van der Waals surface area contributed by atoms with Crippen LogP contribution < -0.4 is 5.32 Å². The van der Waals surface area contributed by atoms with Crippen molar-refractivity contribution in [3.05, 3.63) is 12.2 Å². The minimum Gasteiger partial charge on any atom is -0.354 e. The van der Waals surface area contributed by atoms with Crippen molar-refractivity contribution in [3.8, 4) is 0 Å². The van der Waals surface area contributed by atoms with E-state index in [1.54, 1.807) is 6.92 Å². The third kappa shape index (κ3) is 2.11. The van der Waals surface area contributed by atoms with Gasteiger partial charge in [-0.1, -0.05) is 12.2 Å². The van der Waals surface area contributed by atoms with Gasteiger partial charge in [0, 0.05) is 13.0 Å². The second kappa shape index (κ2) is 3.52. The predicted octanol–water partition coefficient (Wildman–Crippen LogP) is 1.87. The van der Waals surface area contributed by atoms with Crippen molar-refractivity contribution in [3.63, 3.8) is 0 Å². The lowest BCUT2D eigenvalue weighted by molar-refractivity contribution is -0.120. The van der Waals surface area contributed by atoms with Gasteiger partial charge >= 0.3 is 0 Å². The minimum atomic E-state index is 0.119. The molecule has 3 atom stereocenters. The number of nitrogens with one attached hydrogen (secondary N) is 1. The largest absolute Gasteiger partial charge is 0.354 e. The molecule has 2 aliphatic carbocycles. The van der Waals surface area contributed by atoms with Gasteiger partial charge in [-0.2, -0.15) is 0 Å². The summed E-state index contributed by atoms with van der Waals surface area (Å²) >= 11 is 0. The van der Waals surface area contributed by atoms with Gasteiger partial charge < -0.3 is 5.32 Å². The second-order valence-electron chi connectivity index (χ2n) is 4.39. The lowest BCUT2D eigenvalue weighted by Gasteiger charge is -2.36. The molecule has 2 heteroatoms. The minimum absolute atomic E-state index is 0.119. The van der Waals surface area contributed by atoms with Gasteiger partial charge in [-0.3, -0.25) is 4.79 Å². The summed E-state index contributed by atoms with van der Waals surface area (Å²) in [5.41, 5.74) is 0. The Morgan fingerprint density at radius 3 is 2.92 bits per heavy atom. The summed E-state index contributed by atoms with van der Waals surface area (Å²) in [4.78, 5) is 10.9. The maximum Gasteiger partial charge on any atom is 0.217 e. The van der Waals surface area contributed by atoms with Crippen molar-refractivity contribution < 1.29 is 4.79 Å². The number of carbonyl (C=O) groups is 1. The SMILES string of the molecule is CC(=O)N[C@@H]1C[C@H]2C=CC[C@H](C2)C1. The quantitative estimate of drug-likeness (QED) is 0.612. The molecule has 1 saturated carbocycles. The number of amides is 1. The van der Waals surface area contributed by atoms with Crippen molar-refractivity contribution in [2.24, 2.45) is 11.8 Å². The van der Waals surface area contributed by atoms with E-state index in [4.69, 9.17) is 0 Å². The molecule has 0 heterocycles. The van der Waals surface area contributed by atoms with E-state index in [1.165, 1.54) is 19.3 Å². The molecule has 0 aromatic rings. The molecule has 1 fully saturated rings. The zero-order valence-electron chi connectivity index (χ0n) is 8.12. The van der Waals surface area contributed by atoms with Crippen LogP contribution in [0, 0.1) is 11.8 Å². The van der Waals surface area contributed by atoms with Gasteiger partial charge in [0.25, 0.3) is 0 Å². The number of hydrogen-bond donors (Lipinski definition) is 1. The van der Waals surface area contributed by atoms with E-state index in [1.807, 2.05) is 0 Å². The summed E-state index contributed by atoms with van der Waals surface area (Å²) in [6.45, 7) is 1.61. The van der Waals surface area contributed by atoms with Crippen LogP contribution in [0.3, 0.4) is 0 Å². The number of allylic oxidation sites excluding steroid dienone is 2. The molecule has 0 radical (unpaired) electrons. The van der Waals surface area contributed by atoms with E-state index in [-0.39, 0.29) is 5.91 Å². The third-order valence-corrected chi connectivity index (χ3v) is 3.13. The number of rotatable bonds is 1. The summed E-state index contributed by atoms with van der Waals surface area (Å²) < 4.78 is 0. The van der Waals surface area contributed by atoms with Crippen LogP contribution in [0.1, 0.15) is 32.6 Å². The fraction of sp³-hybridized carbons (Fsp3) is 0.727. The van der Waals surface area contributed by atoms with Crippen LogP contribution in [0.15, 0.2) is 12.2 Å². The maximum atomic E-state index is 10.9. The van der Waals surface area contributed by atoms with Gasteiger partial charge in [-0.25, -0.2) is 0 Å². The Bertz CT molecular complexity index is 234. The smallest absolute Gasteiger partial charge is 0.217 e. The lowest BCUT2D eigenvalue weighted by atomic mass is 9.74. The second-order valence-corrected chi connectivity index (χ2v) is 4.39. The number of carbonyl (C=O) groups excluding carboxylic acids is 1. The van der Waals surface area contributed by atoms with E-state index in [2.05, 4.69) is 17.5 Å². The Kier molecular flexibility index (Phi) is 2.38. The van der Waals surface area contributed by atoms with Gasteiger partial charge in [-0.15, -0.1) is 0 Å². The zero-order chi connectivity index (χ0) is 9.26. The zero-order valence-corrected chi connectivity index (χ0v) is 8.12. The van der Waals surface area contributed by atoms with Crippen LogP contribution in [-0.2, 0) is 4.79 Å². The summed E-state index contributed by atoms with van der Waals surface area (Å²) in [6.07, 6.45) is 9.51. The first kappa shape index (κ1) is 8.79. The molecule has 0 spiro atoms. The molecule has 0 saturated heterocycles. The Balaban J connectivity index is 1.95. The Hall–Kier alpha value is -0.790. The van der Waals surface area contributed by atoms with Gasteiger partial charge in [-0.05, 0) is 37.5 Å². The summed E-state index contributed by atoms with van der Waals surface area (Å²) in [5, 5.41) is 3.04. The molecular formula is C11H17NO. The highest BCUT2D eigenvalue weighted by Crippen LogP contribution is 2.35. The summed E-state index contributed by atoms with van der Waals surface area (Å²) in [6, 6.07) is 0.436. The van der Waals surface area contributed by atoms with Crippen LogP contribution in [0.2, 0.25) is 0 Å². The highest BCUT2D eigenvalue weighted by atomic mass is 16.1. The fourth-order valence-electron chi connectivity index (χ4n) is 2.70. The Labute approximate surface area is 79.4 Å². The van der Waals surface area contributed by atoms with Crippen molar-refractivity contribution >= 4 is 5.91 Å². The van der Waals surface area contributed by atoms with Crippen molar-refractivity contribution in [1.82, 2.24) is 5.32 Å². The number of hydrogen-bond acceptors (Lipinski definition) is 1. The van der Waals surface area contributed by atoms with Crippen LogP contribution >= 0.6 is 0 Å². The molecular weight excluding hydrogens is 162 g/mol. The molecule has 0 aromatic heterocycles. The third-order valence-electron chi connectivity index (χ3n) is 3.13. The van der Waals surface area contributed by atoms with Gasteiger partial charge in [0.15, 0.2) is 0 Å². The molecule has 2 nitrogen and oxygen atoms in total. The van der Waals surface area contributed by atoms with Gasteiger partial charge in [0.05, 0.1) is 0 Å². The van der Waals surface area contributed by atoms with E-state index in [9.17, 15) is 4.79 Å². The molecule has 2 bridgehead atoms. The Morgan fingerprint density at radius 1 is 1.38 bits per heavy atom. The standard InChI is InChI=1S/C11H17NO/c1-8(13)12-11-6-9-3-2-4-10(5-9)7-11/h2-3,9-11H,4-7H2,1H3,(H,12,13)/t9-,10+,11+/m0/s1. The van der Waals surface area contributed by atoms with Crippen molar-refractivity contribution in [2.45, 2.75) is 38.6 Å². The normalized spacial score (nSPS) is 37.2. The Morgan fingerprint density at radius 2 is 2.23 bits per heavy atom. The molecule has 1 N–H and O–H groups in total. The van der Waals surface area contributed by atoms with Crippen molar-refractivity contribution in [1.29, 1.82) is 0 Å². The monoisotopic (exact) mass is 179 g/mol. The topological polar surface area (TPSA) is 29.1 Å².